The number of anilines is 3. The smallest absolute Gasteiger partial charge is 0.323 e. The number of nitrogens with zero attached hydrogens (tertiary/aromatic N) is 2. The van der Waals surface area contributed by atoms with Crippen LogP contribution < -0.4 is 15.5 Å². The summed E-state index contributed by atoms with van der Waals surface area (Å²) in [4.78, 5) is 31.4. The number of para-hydroxylation sites is 1. The normalized spacial score (nSPS) is 13.5. The lowest BCUT2D eigenvalue weighted by atomic mass is 9.93. The van der Waals surface area contributed by atoms with E-state index in [4.69, 9.17) is 4.42 Å². The number of hydrogen-bond donors (Lipinski definition) is 2. The Hall–Kier alpha value is -3.74. The largest absolute Gasteiger partial charge is 0.467 e. The summed E-state index contributed by atoms with van der Waals surface area (Å²) in [7, 11) is 0. The molecule has 1 fully saturated rings. The maximum Gasteiger partial charge on any atom is 0.323 e. The highest BCUT2D eigenvalue weighted by Gasteiger charge is 2.25. The van der Waals surface area contributed by atoms with Crippen molar-refractivity contribution in [2.45, 2.75) is 85.1 Å². The Balaban J connectivity index is 1.65. The van der Waals surface area contributed by atoms with Crippen molar-refractivity contribution < 1.29 is 14.0 Å². The molecule has 0 saturated carbocycles. The first kappa shape index (κ1) is 30.2. The number of benzene rings is 2. The second-order valence-corrected chi connectivity index (χ2v) is 11.6. The number of carbonyl (C=O) groups is 2. The lowest BCUT2D eigenvalue weighted by Crippen LogP contribution is -2.37. The van der Waals surface area contributed by atoms with Crippen LogP contribution in [0.2, 0.25) is 0 Å². The fourth-order valence-corrected chi connectivity index (χ4v) is 5.52. The lowest BCUT2D eigenvalue weighted by Gasteiger charge is -2.31. The van der Waals surface area contributed by atoms with Crippen molar-refractivity contribution in [1.82, 2.24) is 4.90 Å². The van der Waals surface area contributed by atoms with E-state index >= 15 is 0 Å². The van der Waals surface area contributed by atoms with E-state index in [1.54, 1.807) is 6.26 Å². The zero-order valence-electron chi connectivity index (χ0n) is 25.3. The van der Waals surface area contributed by atoms with Gasteiger partial charge in [0.15, 0.2) is 0 Å². The number of urea groups is 1. The summed E-state index contributed by atoms with van der Waals surface area (Å²) >= 11 is 0. The van der Waals surface area contributed by atoms with Gasteiger partial charge in [-0.3, -0.25) is 4.79 Å². The predicted molar refractivity (Wildman–Crippen MR) is 168 cm³/mol. The van der Waals surface area contributed by atoms with Crippen LogP contribution in [0.25, 0.3) is 0 Å². The Morgan fingerprint density at radius 3 is 2.24 bits per heavy atom. The molecule has 7 heteroatoms. The number of rotatable bonds is 11. The first-order chi connectivity index (χ1) is 19.8. The minimum atomic E-state index is -0.317. The van der Waals surface area contributed by atoms with E-state index in [2.05, 4.69) is 68.4 Å². The highest BCUT2D eigenvalue weighted by molar-refractivity contribution is 6.04. The van der Waals surface area contributed by atoms with Crippen LogP contribution in [0.15, 0.2) is 59.2 Å². The number of unbranched alkanes of at least 4 members (excludes halogenated alkanes) is 1. The monoisotopic (exact) mass is 558 g/mol. The molecule has 220 valence electrons. The molecule has 0 aliphatic carbocycles. The number of nitrogens with one attached hydrogen (secondary N) is 2. The molecule has 0 radical (unpaired) electrons. The molecule has 3 amide bonds. The molecular weight excluding hydrogens is 512 g/mol. The highest BCUT2D eigenvalue weighted by atomic mass is 16.3. The number of piperidine rings is 1. The molecule has 2 heterocycles. The summed E-state index contributed by atoms with van der Waals surface area (Å²) < 4.78 is 5.67. The number of furan rings is 1. The van der Waals surface area contributed by atoms with Crippen molar-refractivity contribution in [3.05, 3.63) is 77.2 Å². The molecule has 0 atom stereocenters. The summed E-state index contributed by atoms with van der Waals surface area (Å²) in [6.07, 6.45) is 6.90. The fraction of sp³-hybridized carbons (Fsp3) is 0.471. The quantitative estimate of drug-likeness (QED) is 0.247. The molecule has 2 N–H and O–H groups in total. The third-order valence-electron chi connectivity index (χ3n) is 7.79. The number of amides is 3. The third kappa shape index (κ3) is 7.72. The minimum Gasteiger partial charge on any atom is -0.467 e. The number of hydrogen-bond acceptors (Lipinski definition) is 4. The van der Waals surface area contributed by atoms with Crippen molar-refractivity contribution in [2.24, 2.45) is 0 Å². The van der Waals surface area contributed by atoms with E-state index in [0.29, 0.717) is 17.8 Å². The summed E-state index contributed by atoms with van der Waals surface area (Å²) in [5.41, 5.74) is 5.13. The molecule has 1 aliphatic heterocycles. The molecule has 0 spiro atoms. The van der Waals surface area contributed by atoms with Crippen LogP contribution in [0.5, 0.6) is 0 Å². The van der Waals surface area contributed by atoms with Crippen LogP contribution in [0.4, 0.5) is 21.9 Å². The van der Waals surface area contributed by atoms with Gasteiger partial charge >= 0.3 is 6.03 Å². The predicted octanol–water partition coefficient (Wildman–Crippen LogP) is 8.60. The van der Waals surface area contributed by atoms with Gasteiger partial charge in [0, 0.05) is 31.0 Å². The number of likely N-dealkylation sites (tertiary alicyclic amines) is 1. The maximum absolute atomic E-state index is 13.9. The van der Waals surface area contributed by atoms with Gasteiger partial charge in [0.05, 0.1) is 24.1 Å². The van der Waals surface area contributed by atoms with Crippen LogP contribution in [0.1, 0.15) is 106 Å². The van der Waals surface area contributed by atoms with E-state index in [9.17, 15) is 9.59 Å². The summed E-state index contributed by atoms with van der Waals surface area (Å²) in [6.45, 7) is 13.6. The Kier molecular flexibility index (Phi) is 10.5. The second kappa shape index (κ2) is 14.2. The van der Waals surface area contributed by atoms with Crippen molar-refractivity contribution >= 4 is 29.0 Å². The van der Waals surface area contributed by atoms with Gasteiger partial charge in [0.25, 0.3) is 5.91 Å². The maximum atomic E-state index is 13.9. The Morgan fingerprint density at radius 1 is 0.927 bits per heavy atom. The van der Waals surface area contributed by atoms with Gasteiger partial charge in [0.1, 0.15) is 5.76 Å². The molecule has 2 aromatic carbocycles. The molecule has 1 aliphatic rings. The van der Waals surface area contributed by atoms with Crippen LogP contribution in [0.3, 0.4) is 0 Å². The zero-order chi connectivity index (χ0) is 29.4. The Morgan fingerprint density at radius 2 is 1.63 bits per heavy atom. The molecule has 7 nitrogen and oxygen atoms in total. The Labute approximate surface area is 245 Å². The molecule has 3 aromatic rings. The molecule has 0 bridgehead atoms. The van der Waals surface area contributed by atoms with E-state index in [1.807, 2.05) is 35.2 Å². The minimum absolute atomic E-state index is 0.0111. The summed E-state index contributed by atoms with van der Waals surface area (Å²) in [5, 5.41) is 6.15. The first-order valence-corrected chi connectivity index (χ1v) is 15.2. The highest BCUT2D eigenvalue weighted by Crippen LogP contribution is 2.33. The second-order valence-electron chi connectivity index (χ2n) is 11.6. The van der Waals surface area contributed by atoms with E-state index in [1.165, 1.54) is 0 Å². The van der Waals surface area contributed by atoms with Crippen molar-refractivity contribution in [2.75, 3.05) is 35.2 Å². The van der Waals surface area contributed by atoms with Gasteiger partial charge in [-0.25, -0.2) is 4.79 Å². The standard InChI is InChI=1S/C34H46N4O3/c1-6-7-18-38(23-27-13-12-21-41-27)31-17-16-26(22-30(31)33(39)37-19-9-8-10-20-37)35-34(40)36-32-28(24(2)3)14-11-15-29(32)25(4)5/h11-17,21-22,24-25H,6-10,18-20,23H2,1-5H3,(H2,35,36,40). The first-order valence-electron chi connectivity index (χ1n) is 15.2. The van der Waals surface area contributed by atoms with Gasteiger partial charge in [-0.2, -0.15) is 0 Å². The molecule has 1 saturated heterocycles. The average Bonchev–Trinajstić information content (AvgIpc) is 3.48. The van der Waals surface area contributed by atoms with Crippen molar-refractivity contribution in [3.8, 4) is 0 Å². The van der Waals surface area contributed by atoms with Gasteiger partial charge < -0.3 is 24.9 Å². The van der Waals surface area contributed by atoms with Crippen molar-refractivity contribution in [3.63, 3.8) is 0 Å². The topological polar surface area (TPSA) is 77.8 Å². The molecular formula is C34H46N4O3. The summed E-state index contributed by atoms with van der Waals surface area (Å²) in [5.74, 6) is 1.39. The van der Waals surface area contributed by atoms with Crippen molar-refractivity contribution in [1.29, 1.82) is 0 Å². The SMILES string of the molecule is CCCCN(Cc1ccco1)c1ccc(NC(=O)Nc2c(C(C)C)cccc2C(C)C)cc1C(=O)N1CCCCC1. The molecule has 4 rings (SSSR count). The van der Waals surface area contributed by atoms with E-state index < -0.39 is 0 Å². The van der Waals surface area contributed by atoms with Crippen LogP contribution in [-0.4, -0.2) is 36.5 Å². The average molecular weight is 559 g/mol. The van der Waals surface area contributed by atoms with Crippen LogP contribution >= 0.6 is 0 Å². The fourth-order valence-electron chi connectivity index (χ4n) is 5.52. The van der Waals surface area contributed by atoms with Gasteiger partial charge in [-0.15, -0.1) is 0 Å². The van der Waals surface area contributed by atoms with Crippen LogP contribution in [-0.2, 0) is 6.54 Å². The lowest BCUT2D eigenvalue weighted by molar-refractivity contribution is 0.0725. The third-order valence-corrected chi connectivity index (χ3v) is 7.79. The number of carbonyl (C=O) groups excluding carboxylic acids is 2. The van der Waals surface area contributed by atoms with Gasteiger partial charge in [0.2, 0.25) is 0 Å². The molecule has 1 aromatic heterocycles. The van der Waals surface area contributed by atoms with E-state index in [0.717, 1.165) is 80.0 Å². The van der Waals surface area contributed by atoms with Crippen LogP contribution in [0, 0.1) is 0 Å². The van der Waals surface area contributed by atoms with E-state index in [-0.39, 0.29) is 23.8 Å². The molecule has 0 unspecified atom stereocenters. The summed E-state index contributed by atoms with van der Waals surface area (Å²) in [6, 6.07) is 15.4. The van der Waals surface area contributed by atoms with Gasteiger partial charge in [-0.05, 0) is 79.0 Å². The zero-order valence-corrected chi connectivity index (χ0v) is 25.3. The molecule has 41 heavy (non-hydrogen) atoms. The Bertz CT molecular complexity index is 1270. The van der Waals surface area contributed by atoms with Gasteiger partial charge in [-0.1, -0.05) is 59.2 Å².